The number of benzene rings is 5. The van der Waals surface area contributed by atoms with Crippen molar-refractivity contribution >= 4 is 29.4 Å². The Kier molecular flexibility index (Phi) is 12.2. The van der Waals surface area contributed by atoms with Crippen LogP contribution < -0.4 is 16.0 Å². The van der Waals surface area contributed by atoms with Crippen LogP contribution in [0.3, 0.4) is 0 Å². The van der Waals surface area contributed by atoms with Gasteiger partial charge in [-0.25, -0.2) is 4.79 Å². The van der Waals surface area contributed by atoms with E-state index in [0.717, 1.165) is 55.3 Å². The van der Waals surface area contributed by atoms with Crippen LogP contribution in [0.1, 0.15) is 54.1 Å². The zero-order chi connectivity index (χ0) is 35.6. The molecule has 1 heterocycles. The Hall–Kier alpha value is -4.93. The van der Waals surface area contributed by atoms with Crippen molar-refractivity contribution < 1.29 is 24.2 Å². The first-order valence-corrected chi connectivity index (χ1v) is 18.1. The molecule has 0 bridgehead atoms. The Balaban J connectivity index is 1.13. The van der Waals surface area contributed by atoms with E-state index >= 15 is 0 Å². The molecule has 0 spiro atoms. The first-order valence-electron chi connectivity index (χ1n) is 17.1. The van der Waals surface area contributed by atoms with Gasteiger partial charge in [0, 0.05) is 47.8 Å². The van der Waals surface area contributed by atoms with Gasteiger partial charge in [0.25, 0.3) is 0 Å². The minimum atomic E-state index is -0.574. The van der Waals surface area contributed by atoms with E-state index in [9.17, 15) is 14.7 Å². The van der Waals surface area contributed by atoms with Gasteiger partial charge in [-0.1, -0.05) is 104 Å². The number of thioether (sulfide) groups is 1. The van der Waals surface area contributed by atoms with E-state index < -0.39 is 6.29 Å². The number of rotatable bonds is 12. The number of hydrogen-bond donors (Lipinski definition) is 4. The summed E-state index contributed by atoms with van der Waals surface area (Å²) in [5, 5.41) is 18.3. The average molecular weight is 702 g/mol. The van der Waals surface area contributed by atoms with E-state index in [-0.39, 0.29) is 36.7 Å². The maximum Gasteiger partial charge on any atom is 0.315 e. The van der Waals surface area contributed by atoms with E-state index in [1.165, 1.54) is 6.92 Å². The summed E-state index contributed by atoms with van der Waals surface area (Å²) in [5.41, 5.74) is 7.72. The number of amides is 3. The number of carbonyl (C=O) groups is 2. The number of hydrogen-bond acceptors (Lipinski definition) is 6. The molecule has 1 aliphatic heterocycles. The first kappa shape index (κ1) is 35.9. The lowest BCUT2D eigenvalue weighted by molar-refractivity contribution is -0.268. The van der Waals surface area contributed by atoms with Gasteiger partial charge in [-0.15, -0.1) is 11.8 Å². The van der Waals surface area contributed by atoms with Crippen LogP contribution in [0.15, 0.2) is 132 Å². The van der Waals surface area contributed by atoms with Gasteiger partial charge in [0.15, 0.2) is 6.29 Å². The average Bonchev–Trinajstić information content (AvgIpc) is 3.17. The van der Waals surface area contributed by atoms with Crippen molar-refractivity contribution in [2.75, 3.05) is 11.1 Å². The quantitative estimate of drug-likeness (QED) is 0.0974. The monoisotopic (exact) mass is 701 g/mol. The molecular formula is C42H43N3O5S. The van der Waals surface area contributed by atoms with E-state index in [1.807, 2.05) is 91.0 Å². The predicted molar refractivity (Wildman–Crippen MR) is 202 cm³/mol. The summed E-state index contributed by atoms with van der Waals surface area (Å²) >= 11 is 1.71. The zero-order valence-electron chi connectivity index (χ0n) is 28.8. The molecule has 1 aliphatic rings. The van der Waals surface area contributed by atoms with Gasteiger partial charge < -0.3 is 30.5 Å². The molecule has 5 aromatic carbocycles. The third kappa shape index (κ3) is 9.86. The van der Waals surface area contributed by atoms with Crippen molar-refractivity contribution in [1.82, 2.24) is 10.6 Å². The second-order valence-corrected chi connectivity index (χ2v) is 13.8. The summed E-state index contributed by atoms with van der Waals surface area (Å²) in [7, 11) is 0. The normalized spacial score (nSPS) is 18.5. The predicted octanol–water partition coefficient (Wildman–Crippen LogP) is 8.39. The Morgan fingerprint density at radius 2 is 1.37 bits per heavy atom. The van der Waals surface area contributed by atoms with E-state index in [1.54, 1.807) is 11.8 Å². The van der Waals surface area contributed by atoms with Crippen LogP contribution in [0.25, 0.3) is 11.1 Å². The molecule has 51 heavy (non-hydrogen) atoms. The van der Waals surface area contributed by atoms with Gasteiger partial charge in [-0.3, -0.25) is 4.79 Å². The van der Waals surface area contributed by atoms with E-state index in [0.29, 0.717) is 13.1 Å². The molecule has 4 atom stereocenters. The van der Waals surface area contributed by atoms with Crippen molar-refractivity contribution in [2.45, 2.75) is 56.9 Å². The molecule has 8 nitrogen and oxygen atoms in total. The fourth-order valence-corrected chi connectivity index (χ4v) is 7.11. The third-order valence-corrected chi connectivity index (χ3v) is 10.0. The molecule has 3 amide bonds. The number of carbonyl (C=O) groups excluding carboxylic acids is 2. The molecule has 262 valence electrons. The van der Waals surface area contributed by atoms with Crippen LogP contribution in [-0.4, -0.2) is 28.9 Å². The molecule has 9 heteroatoms. The number of aliphatic hydroxyl groups is 1. The van der Waals surface area contributed by atoms with Gasteiger partial charge in [0.1, 0.15) is 0 Å². The van der Waals surface area contributed by atoms with Crippen LogP contribution >= 0.6 is 11.8 Å². The second-order valence-electron chi connectivity index (χ2n) is 12.7. The Labute approximate surface area is 303 Å². The van der Waals surface area contributed by atoms with Crippen molar-refractivity contribution in [2.24, 2.45) is 5.92 Å². The molecular weight excluding hydrogens is 659 g/mol. The topological polar surface area (TPSA) is 109 Å². The lowest BCUT2D eigenvalue weighted by atomic mass is 9.91. The maximum absolute atomic E-state index is 12.4. The fourth-order valence-electron chi connectivity index (χ4n) is 6.04. The summed E-state index contributed by atoms with van der Waals surface area (Å²) in [6.45, 7) is 4.52. The highest BCUT2D eigenvalue weighted by molar-refractivity contribution is 7.99. The summed E-state index contributed by atoms with van der Waals surface area (Å²) in [6.07, 6.45) is -0.895. The molecule has 1 saturated heterocycles. The summed E-state index contributed by atoms with van der Waals surface area (Å²) in [6, 6.07) is 41.8. The smallest absolute Gasteiger partial charge is 0.315 e. The summed E-state index contributed by atoms with van der Waals surface area (Å²) in [5.74, 6) is 0.678. The van der Waals surface area contributed by atoms with Crippen molar-refractivity contribution in [3.63, 3.8) is 0 Å². The van der Waals surface area contributed by atoms with Crippen LogP contribution in [0, 0.1) is 5.92 Å². The minimum absolute atomic E-state index is 0.0110. The molecule has 0 aromatic heterocycles. The Morgan fingerprint density at radius 3 is 2.06 bits per heavy atom. The number of nitrogens with one attached hydrogen (secondary N) is 3. The highest BCUT2D eigenvalue weighted by Gasteiger charge is 2.38. The maximum atomic E-state index is 12.4. The third-order valence-electron chi connectivity index (χ3n) is 8.90. The van der Waals surface area contributed by atoms with Crippen molar-refractivity contribution in [3.05, 3.63) is 155 Å². The van der Waals surface area contributed by atoms with Gasteiger partial charge in [-0.05, 0) is 63.7 Å². The van der Waals surface area contributed by atoms with Gasteiger partial charge in [0.2, 0.25) is 5.91 Å². The van der Waals surface area contributed by atoms with Crippen LogP contribution in [0.5, 0.6) is 0 Å². The molecule has 0 aliphatic carbocycles. The lowest BCUT2D eigenvalue weighted by Crippen LogP contribution is -2.38. The van der Waals surface area contributed by atoms with Crippen LogP contribution in [0.2, 0.25) is 0 Å². The van der Waals surface area contributed by atoms with Gasteiger partial charge in [0.05, 0.1) is 18.8 Å². The molecule has 6 rings (SSSR count). The molecule has 5 aromatic rings. The highest BCUT2D eigenvalue weighted by Crippen LogP contribution is 2.43. The minimum Gasteiger partial charge on any atom is -0.392 e. The first-order chi connectivity index (χ1) is 24.8. The van der Waals surface area contributed by atoms with Crippen molar-refractivity contribution in [3.8, 4) is 11.1 Å². The zero-order valence-corrected chi connectivity index (χ0v) is 29.6. The molecule has 4 N–H and O–H groups in total. The van der Waals surface area contributed by atoms with Crippen LogP contribution in [0.4, 0.5) is 10.5 Å². The number of aliphatic hydroxyl groups excluding tert-OH is 1. The summed E-state index contributed by atoms with van der Waals surface area (Å²) < 4.78 is 13.3. The number of ether oxygens (including phenoxy) is 2. The SMILES string of the molecule is CC(=O)Nc1ccc(SCC2OC(c3ccc(-c4cccc(CNC(=O)NCc5ccccc5)c4)cc3)OC(c3ccc(CO)cc3)C2C)cc1. The van der Waals surface area contributed by atoms with Gasteiger partial charge >= 0.3 is 6.03 Å². The highest BCUT2D eigenvalue weighted by atomic mass is 32.2. The molecule has 0 radical (unpaired) electrons. The van der Waals surface area contributed by atoms with E-state index in [2.05, 4.69) is 59.3 Å². The molecule has 0 saturated carbocycles. The van der Waals surface area contributed by atoms with E-state index in [4.69, 9.17) is 9.47 Å². The Morgan fingerprint density at radius 1 is 0.706 bits per heavy atom. The number of anilines is 1. The second kappa shape index (κ2) is 17.3. The Bertz CT molecular complexity index is 1890. The molecule has 1 fully saturated rings. The standard InChI is InChI=1S/C42H43N3O5S/c1-28-39(27-51-38-21-19-37(20-22-38)45-29(2)47)49-41(50-40(28)34-13-11-31(26-46)12-14-34)35-17-15-33(16-18-35)36-10-6-9-32(23-36)25-44-42(48)43-24-30-7-4-3-5-8-30/h3-23,28,39-41,46H,24-27H2,1-2H3,(H,45,47)(H2,43,44,48). The largest absolute Gasteiger partial charge is 0.392 e. The van der Waals surface area contributed by atoms with Gasteiger partial charge in [-0.2, -0.15) is 0 Å². The van der Waals surface area contributed by atoms with Crippen molar-refractivity contribution in [1.29, 1.82) is 0 Å². The number of urea groups is 1. The van der Waals surface area contributed by atoms with Crippen LogP contribution in [-0.2, 0) is 34.0 Å². The summed E-state index contributed by atoms with van der Waals surface area (Å²) in [4.78, 5) is 24.9. The fraction of sp³-hybridized carbons (Fsp3) is 0.238. The molecule has 4 unspecified atom stereocenters. The lowest BCUT2D eigenvalue weighted by Gasteiger charge is -2.41.